The van der Waals surface area contributed by atoms with Crippen LogP contribution < -0.4 is 0 Å². The number of hydrogen-bond donors (Lipinski definition) is 1. The van der Waals surface area contributed by atoms with Crippen molar-refractivity contribution in [3.63, 3.8) is 0 Å². The maximum Gasteiger partial charge on any atom is 0.107 e. The van der Waals surface area contributed by atoms with E-state index in [1.54, 1.807) is 12.4 Å². The topological polar surface area (TPSA) is 36.4 Å². The molecule has 0 radical (unpaired) electrons. The summed E-state index contributed by atoms with van der Waals surface area (Å²) in [6.07, 6.45) is 7.06. The van der Waals surface area contributed by atoms with E-state index in [0.717, 1.165) is 25.4 Å². The highest BCUT2D eigenvalue weighted by molar-refractivity contribution is 5.85. The summed E-state index contributed by atoms with van der Waals surface area (Å²) in [5.74, 6) is 0.838. The van der Waals surface area contributed by atoms with Crippen molar-refractivity contribution in [3.05, 3.63) is 30.6 Å². The third-order valence-corrected chi connectivity index (χ3v) is 3.18. The highest BCUT2D eigenvalue weighted by atomic mass is 35.5. The number of aliphatic hydroxyl groups excluding tert-OH is 1. The number of pyridine rings is 1. The number of piperidine rings is 3. The first-order chi connectivity index (χ1) is 7.36. The minimum atomic E-state index is -0.0995. The highest BCUT2D eigenvalue weighted by Crippen LogP contribution is 2.30. The molecule has 4 heterocycles. The molecule has 0 aromatic carbocycles. The van der Waals surface area contributed by atoms with Crippen LogP contribution in [0.1, 0.15) is 19.3 Å². The first-order valence-corrected chi connectivity index (χ1v) is 5.63. The average molecular weight is 243 g/mol. The van der Waals surface area contributed by atoms with Crippen molar-refractivity contribution in [2.45, 2.75) is 25.5 Å². The van der Waals surface area contributed by atoms with E-state index >= 15 is 0 Å². The van der Waals surface area contributed by atoms with Gasteiger partial charge in [-0.2, -0.15) is 0 Å². The summed E-state index contributed by atoms with van der Waals surface area (Å²) in [5, 5.41) is 9.33. The van der Waals surface area contributed by atoms with Gasteiger partial charge in [0.2, 0.25) is 0 Å². The van der Waals surface area contributed by atoms with Crippen molar-refractivity contribution >= 4 is 12.4 Å². The molecular formula is C12H19ClN2O. The molecule has 0 spiro atoms. The zero-order valence-electron chi connectivity index (χ0n) is 9.33. The van der Waals surface area contributed by atoms with Crippen molar-refractivity contribution in [3.8, 4) is 0 Å². The molecule has 3 nitrogen and oxygen atoms in total. The molecule has 1 N–H and O–H groups in total. The largest absolute Gasteiger partial charge is 0.378 e. The molecule has 1 aromatic rings. The van der Waals surface area contributed by atoms with Gasteiger partial charge in [-0.25, -0.2) is 0 Å². The predicted molar refractivity (Wildman–Crippen MR) is 66.4 cm³/mol. The molecule has 1 unspecified atom stereocenters. The zero-order valence-corrected chi connectivity index (χ0v) is 10.1. The minimum absolute atomic E-state index is 0. The van der Waals surface area contributed by atoms with Gasteiger partial charge < -0.3 is 5.11 Å². The van der Waals surface area contributed by atoms with Gasteiger partial charge in [0, 0.05) is 25.5 Å². The summed E-state index contributed by atoms with van der Waals surface area (Å²) in [5.41, 5.74) is 0. The maximum absolute atomic E-state index is 9.33. The number of hydrogen-bond acceptors (Lipinski definition) is 3. The van der Waals surface area contributed by atoms with Crippen LogP contribution in [0.15, 0.2) is 30.6 Å². The monoisotopic (exact) mass is 242 g/mol. The molecule has 0 amide bonds. The molecule has 1 aromatic heterocycles. The summed E-state index contributed by atoms with van der Waals surface area (Å²) in [7, 11) is 0. The fourth-order valence-corrected chi connectivity index (χ4v) is 2.25. The lowest BCUT2D eigenvalue weighted by Gasteiger charge is -2.42. The summed E-state index contributed by atoms with van der Waals surface area (Å²) in [6, 6.07) is 5.72. The quantitative estimate of drug-likeness (QED) is 0.755. The molecule has 0 aliphatic carbocycles. The smallest absolute Gasteiger partial charge is 0.107 e. The first kappa shape index (κ1) is 13.4. The molecule has 2 bridgehead atoms. The summed E-state index contributed by atoms with van der Waals surface area (Å²) >= 11 is 0. The Balaban J connectivity index is 0.000000162. The van der Waals surface area contributed by atoms with Crippen LogP contribution in [0.4, 0.5) is 0 Å². The van der Waals surface area contributed by atoms with Gasteiger partial charge in [-0.3, -0.25) is 9.88 Å². The normalized spacial score (nSPS) is 30.9. The van der Waals surface area contributed by atoms with Crippen LogP contribution >= 0.6 is 12.4 Å². The fraction of sp³-hybridized carbons (Fsp3) is 0.583. The van der Waals surface area contributed by atoms with Gasteiger partial charge in [0.15, 0.2) is 0 Å². The lowest BCUT2D eigenvalue weighted by molar-refractivity contribution is -0.0768. The van der Waals surface area contributed by atoms with Gasteiger partial charge >= 0.3 is 0 Å². The van der Waals surface area contributed by atoms with E-state index in [4.69, 9.17) is 0 Å². The van der Waals surface area contributed by atoms with Gasteiger partial charge in [-0.1, -0.05) is 6.07 Å². The third kappa shape index (κ3) is 3.74. The van der Waals surface area contributed by atoms with Crippen molar-refractivity contribution in [2.24, 2.45) is 5.92 Å². The Morgan fingerprint density at radius 2 is 1.69 bits per heavy atom. The molecular weight excluding hydrogens is 224 g/mol. The molecule has 90 valence electrons. The number of aliphatic hydroxyl groups is 1. The van der Waals surface area contributed by atoms with Crippen molar-refractivity contribution in [1.82, 2.24) is 9.88 Å². The van der Waals surface area contributed by atoms with E-state index < -0.39 is 0 Å². The second-order valence-electron chi connectivity index (χ2n) is 4.22. The number of fused-ring (bicyclic) bond motifs is 3. The average Bonchev–Trinajstić information content (AvgIpc) is 2.33. The van der Waals surface area contributed by atoms with Crippen LogP contribution in [0.5, 0.6) is 0 Å². The number of rotatable bonds is 0. The Labute approximate surface area is 103 Å². The number of aromatic nitrogens is 1. The molecule has 0 saturated carbocycles. The van der Waals surface area contributed by atoms with E-state index in [1.165, 1.54) is 12.8 Å². The molecule has 3 fully saturated rings. The molecule has 3 aliphatic rings. The van der Waals surface area contributed by atoms with Crippen LogP contribution in [0.25, 0.3) is 0 Å². The lowest BCUT2D eigenvalue weighted by Crippen LogP contribution is -2.48. The van der Waals surface area contributed by atoms with Gasteiger partial charge in [-0.05, 0) is 37.3 Å². The Bertz CT molecular complexity index is 249. The van der Waals surface area contributed by atoms with Crippen molar-refractivity contribution < 1.29 is 5.11 Å². The molecule has 4 heteroatoms. The highest BCUT2D eigenvalue weighted by Gasteiger charge is 2.31. The Hall–Kier alpha value is -0.640. The maximum atomic E-state index is 9.33. The van der Waals surface area contributed by atoms with E-state index in [9.17, 15) is 5.11 Å². The zero-order chi connectivity index (χ0) is 10.5. The Morgan fingerprint density at radius 3 is 1.88 bits per heavy atom. The summed E-state index contributed by atoms with van der Waals surface area (Å²) < 4.78 is 0. The molecule has 1 atom stereocenters. The number of nitrogens with zero attached hydrogens (tertiary/aromatic N) is 2. The van der Waals surface area contributed by atoms with Crippen LogP contribution in [-0.2, 0) is 0 Å². The van der Waals surface area contributed by atoms with Crippen LogP contribution in [0.3, 0.4) is 0 Å². The van der Waals surface area contributed by atoms with E-state index in [1.807, 2.05) is 18.2 Å². The van der Waals surface area contributed by atoms with Gasteiger partial charge in [-0.15, -0.1) is 12.4 Å². The van der Waals surface area contributed by atoms with Crippen LogP contribution in [0.2, 0.25) is 0 Å². The second kappa shape index (κ2) is 6.84. The fourth-order valence-electron chi connectivity index (χ4n) is 2.25. The minimum Gasteiger partial charge on any atom is -0.378 e. The predicted octanol–water partition coefficient (Wildman–Crippen LogP) is 1.92. The lowest BCUT2D eigenvalue weighted by atomic mass is 9.87. The first-order valence-electron chi connectivity index (χ1n) is 5.63. The Morgan fingerprint density at radius 1 is 1.06 bits per heavy atom. The SMILES string of the molecule is Cl.OC1CC2CCN1CC2.c1ccncc1. The van der Waals surface area contributed by atoms with Crippen LogP contribution in [-0.4, -0.2) is 34.3 Å². The van der Waals surface area contributed by atoms with E-state index in [0.29, 0.717) is 0 Å². The van der Waals surface area contributed by atoms with Gasteiger partial charge in [0.05, 0.1) is 0 Å². The van der Waals surface area contributed by atoms with E-state index in [2.05, 4.69) is 9.88 Å². The van der Waals surface area contributed by atoms with Gasteiger partial charge in [0.1, 0.15) is 6.23 Å². The van der Waals surface area contributed by atoms with E-state index in [-0.39, 0.29) is 18.6 Å². The summed E-state index contributed by atoms with van der Waals surface area (Å²) in [6.45, 7) is 2.26. The molecule has 4 rings (SSSR count). The summed E-state index contributed by atoms with van der Waals surface area (Å²) in [4.78, 5) is 5.97. The van der Waals surface area contributed by atoms with Crippen molar-refractivity contribution in [1.29, 1.82) is 0 Å². The Kier molecular flexibility index (Phi) is 5.74. The standard InChI is InChI=1S/C7H13NO.C5H5N.ClH/c9-7-5-6-1-3-8(7)4-2-6;1-2-4-6-5-3-1;/h6-7,9H,1-5H2;1-5H;1H. The second-order valence-corrected chi connectivity index (χ2v) is 4.22. The van der Waals surface area contributed by atoms with Crippen LogP contribution in [0, 0.1) is 5.92 Å². The van der Waals surface area contributed by atoms with Gasteiger partial charge in [0.25, 0.3) is 0 Å². The van der Waals surface area contributed by atoms with Crippen molar-refractivity contribution in [2.75, 3.05) is 13.1 Å². The molecule has 3 aliphatic heterocycles. The molecule has 3 saturated heterocycles. The molecule has 16 heavy (non-hydrogen) atoms. The number of halogens is 1. The third-order valence-electron chi connectivity index (χ3n) is 3.18.